The maximum Gasteiger partial charge on any atom is 0.203 e. The van der Waals surface area contributed by atoms with E-state index in [1.165, 1.54) is 16.3 Å². The second kappa shape index (κ2) is 5.53. The van der Waals surface area contributed by atoms with Crippen molar-refractivity contribution in [3.05, 3.63) is 73.3 Å². The molecule has 1 aliphatic rings. The van der Waals surface area contributed by atoms with Gasteiger partial charge in [-0.05, 0) is 42.1 Å². The highest BCUT2D eigenvalue weighted by Gasteiger charge is 2.48. The maximum absolute atomic E-state index is 6.56. The Labute approximate surface area is 130 Å². The highest BCUT2D eigenvalue weighted by atomic mass is 32.2. The quantitative estimate of drug-likeness (QED) is 0.664. The zero-order chi connectivity index (χ0) is 14.9. The Kier molecular flexibility index (Phi) is 3.72. The van der Waals surface area contributed by atoms with Crippen molar-refractivity contribution in [1.29, 1.82) is 0 Å². The molecule has 3 rings (SSSR count). The van der Waals surface area contributed by atoms with Crippen molar-refractivity contribution in [3.8, 4) is 0 Å². The molecule has 2 aromatic carbocycles. The number of hydrogen-bond acceptors (Lipinski definition) is 2. The van der Waals surface area contributed by atoms with E-state index in [2.05, 4.69) is 55.6 Å². The third kappa shape index (κ3) is 2.05. The molecule has 0 radical (unpaired) electrons. The van der Waals surface area contributed by atoms with Crippen LogP contribution in [-0.2, 0) is 0 Å². The van der Waals surface area contributed by atoms with E-state index < -0.39 is 0 Å². The van der Waals surface area contributed by atoms with Gasteiger partial charge in [0, 0.05) is 5.56 Å². The molecule has 0 amide bonds. The smallest absolute Gasteiger partial charge is 0.203 e. The molecule has 0 spiro atoms. The van der Waals surface area contributed by atoms with Gasteiger partial charge in [0.2, 0.25) is 5.50 Å². The largest absolute Gasteiger partial charge is 0.271 e. The van der Waals surface area contributed by atoms with Gasteiger partial charge in [0.05, 0.1) is 4.90 Å². The van der Waals surface area contributed by atoms with Crippen LogP contribution in [0.15, 0.2) is 72.7 Å². The third-order valence-corrected chi connectivity index (χ3v) is 5.15. The first-order valence-corrected chi connectivity index (χ1v) is 7.84. The summed E-state index contributed by atoms with van der Waals surface area (Å²) in [6.45, 7) is 8.68. The number of para-hydroxylation sites is 2. The van der Waals surface area contributed by atoms with Crippen molar-refractivity contribution in [2.75, 3.05) is 6.54 Å². The molecule has 1 heterocycles. The van der Waals surface area contributed by atoms with Crippen LogP contribution in [0.25, 0.3) is 6.08 Å². The van der Waals surface area contributed by atoms with Crippen molar-refractivity contribution in [1.82, 2.24) is 4.48 Å². The first-order valence-electron chi connectivity index (χ1n) is 6.96. The van der Waals surface area contributed by atoms with Crippen LogP contribution in [-0.4, -0.2) is 12.0 Å². The van der Waals surface area contributed by atoms with Gasteiger partial charge < -0.3 is 0 Å². The average Bonchev–Trinajstić information content (AvgIpc) is 2.81. The van der Waals surface area contributed by atoms with Crippen LogP contribution in [0, 0.1) is 0 Å². The summed E-state index contributed by atoms with van der Waals surface area (Å²) in [5.41, 5.74) is 10.0. The Hall–Kier alpha value is -1.81. The van der Waals surface area contributed by atoms with Gasteiger partial charge in [-0.2, -0.15) is 0 Å². The standard InChI is InChI=1S/C18H19N2S/c1-3-13-20(15-10-6-5-7-11-15)17-14(4-2)9-8-12-16(17)21-18(20)19/h3-12,18H,1-2,13,19H2/q+1. The van der Waals surface area contributed by atoms with Gasteiger partial charge in [-0.15, -0.1) is 0 Å². The highest BCUT2D eigenvalue weighted by Crippen LogP contribution is 2.53. The zero-order valence-electron chi connectivity index (χ0n) is 11.9. The van der Waals surface area contributed by atoms with E-state index in [0.717, 1.165) is 12.1 Å². The Bertz CT molecular complexity index is 681. The molecule has 21 heavy (non-hydrogen) atoms. The number of fused-ring (bicyclic) bond motifs is 1. The molecule has 0 fully saturated rings. The Morgan fingerprint density at radius 1 is 1.10 bits per heavy atom. The molecule has 0 bridgehead atoms. The van der Waals surface area contributed by atoms with Crippen molar-refractivity contribution >= 4 is 29.2 Å². The van der Waals surface area contributed by atoms with E-state index in [0.29, 0.717) is 4.48 Å². The summed E-state index contributed by atoms with van der Waals surface area (Å²) in [4.78, 5) is 1.23. The minimum atomic E-state index is -0.0819. The molecule has 2 atom stereocenters. The minimum Gasteiger partial charge on any atom is -0.271 e. The summed E-state index contributed by atoms with van der Waals surface area (Å²) in [7, 11) is 0. The fraction of sp³-hybridized carbons (Fsp3) is 0.111. The molecule has 0 saturated heterocycles. The van der Waals surface area contributed by atoms with Crippen molar-refractivity contribution in [2.45, 2.75) is 10.4 Å². The highest BCUT2D eigenvalue weighted by molar-refractivity contribution is 8.00. The summed E-state index contributed by atoms with van der Waals surface area (Å²) < 4.78 is 0.590. The Morgan fingerprint density at radius 3 is 2.52 bits per heavy atom. The molecule has 3 heteroatoms. The fourth-order valence-electron chi connectivity index (χ4n) is 3.05. The number of hydrogen-bond donors (Lipinski definition) is 1. The van der Waals surface area contributed by atoms with Gasteiger partial charge in [0.15, 0.2) is 5.69 Å². The van der Waals surface area contributed by atoms with Crippen LogP contribution in [0.1, 0.15) is 5.56 Å². The van der Waals surface area contributed by atoms with E-state index in [4.69, 9.17) is 5.73 Å². The topological polar surface area (TPSA) is 26.0 Å². The molecule has 0 aromatic heterocycles. The van der Waals surface area contributed by atoms with Gasteiger partial charge in [-0.3, -0.25) is 5.73 Å². The van der Waals surface area contributed by atoms with Crippen LogP contribution in [0.3, 0.4) is 0 Å². The van der Waals surface area contributed by atoms with E-state index in [1.54, 1.807) is 11.8 Å². The molecule has 0 saturated carbocycles. The second-order valence-corrected chi connectivity index (χ2v) is 6.24. The second-order valence-electron chi connectivity index (χ2n) is 5.08. The Balaban J connectivity index is 2.32. The lowest BCUT2D eigenvalue weighted by Crippen LogP contribution is -2.53. The molecule has 2 nitrogen and oxygen atoms in total. The minimum absolute atomic E-state index is 0.0819. The van der Waals surface area contributed by atoms with Gasteiger partial charge >= 0.3 is 0 Å². The lowest BCUT2D eigenvalue weighted by Gasteiger charge is -2.37. The first-order chi connectivity index (χ1) is 10.2. The molecule has 2 N–H and O–H groups in total. The predicted molar refractivity (Wildman–Crippen MR) is 93.3 cm³/mol. The van der Waals surface area contributed by atoms with Crippen molar-refractivity contribution in [3.63, 3.8) is 0 Å². The van der Waals surface area contributed by atoms with Crippen LogP contribution < -0.4 is 10.2 Å². The summed E-state index contributed by atoms with van der Waals surface area (Å²) in [5, 5.41) is 0. The molecular weight excluding hydrogens is 276 g/mol. The van der Waals surface area contributed by atoms with Crippen molar-refractivity contribution in [2.24, 2.45) is 5.73 Å². The fourth-order valence-corrected chi connectivity index (χ4v) is 4.35. The average molecular weight is 295 g/mol. The number of quaternary nitrogens is 1. The van der Waals surface area contributed by atoms with Crippen LogP contribution >= 0.6 is 11.8 Å². The summed E-state index contributed by atoms with van der Waals surface area (Å²) in [6.07, 6.45) is 3.86. The number of benzene rings is 2. The van der Waals surface area contributed by atoms with E-state index in [1.807, 2.05) is 18.2 Å². The Morgan fingerprint density at radius 2 is 1.86 bits per heavy atom. The predicted octanol–water partition coefficient (Wildman–Crippen LogP) is 4.50. The van der Waals surface area contributed by atoms with Gasteiger partial charge in [-0.25, -0.2) is 4.48 Å². The lowest BCUT2D eigenvalue weighted by molar-refractivity contribution is 0.406. The molecular formula is C18H19N2S+. The molecule has 106 valence electrons. The summed E-state index contributed by atoms with van der Waals surface area (Å²) in [6, 6.07) is 16.7. The van der Waals surface area contributed by atoms with Crippen LogP contribution in [0.5, 0.6) is 0 Å². The van der Waals surface area contributed by atoms with Crippen molar-refractivity contribution < 1.29 is 0 Å². The monoisotopic (exact) mass is 295 g/mol. The number of rotatable bonds is 4. The number of nitrogens with zero attached hydrogens (tertiary/aromatic N) is 1. The number of thioether (sulfide) groups is 1. The normalized spacial score (nSPS) is 23.6. The summed E-state index contributed by atoms with van der Waals surface area (Å²) in [5.74, 6) is 0. The lowest BCUT2D eigenvalue weighted by atomic mass is 10.1. The SMILES string of the molecule is C=CC[N+]1(c2ccccc2)c2c(C=C)cccc2SC1N. The van der Waals surface area contributed by atoms with Gasteiger partial charge in [0.1, 0.15) is 12.2 Å². The molecule has 1 aliphatic heterocycles. The number of nitrogens with two attached hydrogens (primary N) is 1. The summed E-state index contributed by atoms with van der Waals surface area (Å²) >= 11 is 1.72. The van der Waals surface area contributed by atoms with E-state index >= 15 is 0 Å². The zero-order valence-corrected chi connectivity index (χ0v) is 12.7. The molecule has 2 unspecified atom stereocenters. The third-order valence-electron chi connectivity index (χ3n) is 3.97. The van der Waals surface area contributed by atoms with E-state index in [-0.39, 0.29) is 5.50 Å². The van der Waals surface area contributed by atoms with Gasteiger partial charge in [-0.1, -0.05) is 43.5 Å². The van der Waals surface area contributed by atoms with Crippen LogP contribution in [0.2, 0.25) is 0 Å². The maximum atomic E-state index is 6.56. The van der Waals surface area contributed by atoms with E-state index in [9.17, 15) is 0 Å². The molecule has 0 aliphatic carbocycles. The molecule has 2 aromatic rings. The van der Waals surface area contributed by atoms with Crippen LogP contribution in [0.4, 0.5) is 11.4 Å². The van der Waals surface area contributed by atoms with Gasteiger partial charge in [0.25, 0.3) is 0 Å². The first kappa shape index (κ1) is 14.1.